The molecule has 10 heterocycles. The molecule has 5 aromatic heterocycles. The number of hydrogen-bond acceptors (Lipinski definition) is 33. The number of furan rings is 5. The number of halogens is 2. The van der Waals surface area contributed by atoms with E-state index in [1.807, 2.05) is 48.5 Å². The topological polar surface area (TPSA) is 452 Å². The predicted molar refractivity (Wildman–Crippen MR) is 506 cm³/mol. The SMILES string of the molecule is C1CCOC1.CC(C)(C)N1CCN(c2ccc3oc(C(N)=O)cc3c2)CC1.CC(C)(C)OC(=O)OC(=O)OC(C)(C)C.CCOC(=O)c1cc2cc(N)ccc2o1.CCOC(=O)c1cc2cc(N3CCN(C(C)(C)C)CC3)ccc2o1.CCOC(=O)c1cc2cc(N3CCNCC3)ccc2o1.ClCCNCCCl.NC(=O)c1cc2cc(N3CCNCC3)ccc2o1.O=C=O.O=C=O. The van der Waals surface area contributed by atoms with Crippen LogP contribution in [0.5, 0.6) is 0 Å². The summed E-state index contributed by atoms with van der Waals surface area (Å²) in [5.74, 6) is 0.152. The number of carbonyl (C=O) groups is 7. The molecule has 2 amide bonds. The number of nitrogens with two attached hydrogens (primary N) is 3. The molecule has 10 aromatic rings. The van der Waals surface area contributed by atoms with Crippen LogP contribution < -0.4 is 52.8 Å². The number of primary amides is 2. The van der Waals surface area contributed by atoms with Crippen LogP contribution in [0.4, 0.5) is 38.0 Å². The first-order valence-corrected chi connectivity index (χ1v) is 44.7. The van der Waals surface area contributed by atoms with Crippen LogP contribution in [-0.2, 0) is 52.3 Å². The van der Waals surface area contributed by atoms with E-state index < -0.39 is 53.2 Å². The standard InChI is InChI=1S/C19H26N2O3.C17H23N3O2.C15H18N2O3.C13H15N3O2.C11H11NO3.C10H18O5.C4H9Cl2N.C4H8O.2CO2/c1-5-23-18(22)17-13-14-12-15(6-7-16(14)24-17)20-8-10-21(11-9-20)19(2,3)4;1-17(2,3)20-8-6-19(7-9-20)13-4-5-14-12(10-13)11-15(22-14)16(18)21;1-2-19-15(18)14-10-11-9-12(3-4-13(11)20-14)17-7-5-16-6-8-17;14-13(17)12-8-9-7-10(1-2-11(9)18-12)16-5-3-15-4-6-16;1-2-14-11(13)10-6-7-5-8(12)3-4-9(7)15-10;1-9(2,3)14-7(11)13-8(12)15-10(4,5)6;5-1-3-7-4-2-6;1-2-4-5-3-1;2*2-1-3/h6-7,12-13H,5,8-11H2,1-4H3;4-5,10-11H,6-9H2,1-3H3,(H2,18,21);3-4,9-10,16H,2,5-8H2,1H3;1-2,7-8,15H,3-6H2,(H2,14,17);3-6H,2,12H2,1H3;1-6H3;7H,1-4H2;1-4H2;;. The lowest BCUT2D eigenvalue weighted by Gasteiger charge is -2.43. The Bertz CT molecular complexity index is 5310. The van der Waals surface area contributed by atoms with Gasteiger partial charge < -0.3 is 108 Å². The Morgan fingerprint density at radius 3 is 0.909 bits per heavy atom. The summed E-state index contributed by atoms with van der Waals surface area (Å²) in [5, 5.41) is 14.2. The fourth-order valence-corrected chi connectivity index (χ4v) is 13.9. The molecular formula is C95H128Cl2N12O23. The molecule has 0 unspecified atom stereocenters. The number of nitrogens with one attached hydrogen (secondary N) is 3. The van der Waals surface area contributed by atoms with Gasteiger partial charge in [-0.2, -0.15) is 19.2 Å². The molecule has 5 fully saturated rings. The third-order valence-electron chi connectivity index (χ3n) is 19.9. The maximum Gasteiger partial charge on any atom is 0.519 e. The fourth-order valence-electron chi connectivity index (χ4n) is 13.6. The predicted octanol–water partition coefficient (Wildman–Crippen LogP) is 14.7. The molecule has 5 aliphatic rings. The van der Waals surface area contributed by atoms with Gasteiger partial charge >= 0.3 is 42.5 Å². The summed E-state index contributed by atoms with van der Waals surface area (Å²) in [6.45, 7) is 49.8. The van der Waals surface area contributed by atoms with Crippen LogP contribution in [0.15, 0.2) is 143 Å². The quantitative estimate of drug-likeness (QED) is 0.0131. The average Bonchev–Trinajstić information content (AvgIpc) is 1.54. The van der Waals surface area contributed by atoms with Gasteiger partial charge in [-0.3, -0.25) is 19.4 Å². The lowest BCUT2D eigenvalue weighted by molar-refractivity contribution is -0.193. The van der Waals surface area contributed by atoms with Crippen molar-refractivity contribution in [2.75, 3.05) is 188 Å². The van der Waals surface area contributed by atoms with E-state index in [9.17, 15) is 33.6 Å². The summed E-state index contributed by atoms with van der Waals surface area (Å²) < 4.78 is 60.7. The second kappa shape index (κ2) is 54.1. The minimum Gasteiger partial charge on any atom is -0.460 e. The van der Waals surface area contributed by atoms with E-state index >= 15 is 0 Å². The van der Waals surface area contributed by atoms with Crippen LogP contribution in [0, 0.1) is 0 Å². The monoisotopic (exact) mass is 1870 g/mol. The number of fused-ring (bicyclic) bond motifs is 5. The van der Waals surface area contributed by atoms with E-state index in [1.165, 1.54) is 18.5 Å². The molecule has 0 spiro atoms. The molecule has 0 atom stereocenters. The number of nitrogen functional groups attached to an aromatic ring is 1. The van der Waals surface area contributed by atoms with Crippen molar-refractivity contribution in [3.63, 3.8) is 0 Å². The molecule has 37 heteroatoms. The van der Waals surface area contributed by atoms with Gasteiger partial charge in [0.2, 0.25) is 17.3 Å². The molecule has 5 aliphatic heterocycles. The Kier molecular flexibility index (Phi) is 44.6. The zero-order valence-electron chi connectivity index (χ0n) is 78.2. The molecule has 132 heavy (non-hydrogen) atoms. The van der Waals surface area contributed by atoms with Gasteiger partial charge in [-0.1, -0.05) is 0 Å². The van der Waals surface area contributed by atoms with E-state index in [0.29, 0.717) is 59.6 Å². The van der Waals surface area contributed by atoms with E-state index in [4.69, 9.17) is 110 Å². The van der Waals surface area contributed by atoms with Crippen LogP contribution >= 0.6 is 23.2 Å². The number of piperazine rings is 4. The number of carbonyl (C=O) groups excluding carboxylic acids is 11. The van der Waals surface area contributed by atoms with Crippen molar-refractivity contribution in [1.29, 1.82) is 0 Å². The molecular weight excluding hydrogens is 1750 g/mol. The van der Waals surface area contributed by atoms with Gasteiger partial charge in [0.05, 0.1) is 19.8 Å². The van der Waals surface area contributed by atoms with Crippen LogP contribution in [0.3, 0.4) is 0 Å². The van der Waals surface area contributed by atoms with Crippen LogP contribution in [-0.4, -0.2) is 249 Å². The lowest BCUT2D eigenvalue weighted by Crippen LogP contribution is -2.53. The summed E-state index contributed by atoms with van der Waals surface area (Å²) in [4.78, 5) is 126. The number of esters is 3. The molecule has 720 valence electrons. The third-order valence-corrected chi connectivity index (χ3v) is 20.3. The second-order valence-corrected chi connectivity index (χ2v) is 34.8. The first kappa shape index (κ1) is 109. The molecule has 0 radical (unpaired) electrons. The molecule has 5 aromatic carbocycles. The van der Waals surface area contributed by atoms with Crippen molar-refractivity contribution < 1.29 is 108 Å². The molecule has 0 saturated carbocycles. The number of hydrogen-bond donors (Lipinski definition) is 6. The van der Waals surface area contributed by atoms with Crippen molar-refractivity contribution in [2.45, 2.75) is 139 Å². The maximum atomic E-state index is 11.8. The molecule has 0 aliphatic carbocycles. The van der Waals surface area contributed by atoms with Crippen LogP contribution in [0.1, 0.15) is 169 Å². The Hall–Kier alpha value is -12.0. The van der Waals surface area contributed by atoms with Crippen molar-refractivity contribution in [3.05, 3.63) is 150 Å². The number of anilines is 5. The normalized spacial score (nSPS) is 14.5. The highest BCUT2D eigenvalue weighted by atomic mass is 35.5. The molecule has 35 nitrogen and oxygen atoms in total. The first-order chi connectivity index (χ1) is 62.7. The summed E-state index contributed by atoms with van der Waals surface area (Å²) in [7, 11) is 0. The summed E-state index contributed by atoms with van der Waals surface area (Å²) in [6.07, 6.45) is 0.938. The largest absolute Gasteiger partial charge is 0.519 e. The van der Waals surface area contributed by atoms with Crippen LogP contribution in [0.2, 0.25) is 0 Å². The van der Waals surface area contributed by atoms with E-state index in [2.05, 4.69) is 116 Å². The fraction of sp³-hybridized carbons (Fsp3) is 0.484. The van der Waals surface area contributed by atoms with E-state index in [-0.39, 0.29) is 52.2 Å². The van der Waals surface area contributed by atoms with E-state index in [0.717, 1.165) is 181 Å². The van der Waals surface area contributed by atoms with Gasteiger partial charge in [-0.05, 0) is 238 Å². The van der Waals surface area contributed by atoms with E-state index in [1.54, 1.807) is 111 Å². The number of amides is 2. The summed E-state index contributed by atoms with van der Waals surface area (Å²) in [6, 6.07) is 37.8. The molecule has 9 N–H and O–H groups in total. The number of nitrogens with zero attached hydrogens (tertiary/aromatic N) is 6. The highest BCUT2D eigenvalue weighted by molar-refractivity contribution is 6.18. The number of rotatable bonds is 16. The second-order valence-electron chi connectivity index (χ2n) is 34.0. The Morgan fingerprint density at radius 2 is 0.659 bits per heavy atom. The van der Waals surface area contributed by atoms with Gasteiger partial charge in [0.15, 0.2) is 11.5 Å². The third kappa shape index (κ3) is 37.0. The van der Waals surface area contributed by atoms with Gasteiger partial charge in [-0.25, -0.2) is 24.0 Å². The molecule has 15 rings (SSSR count). The van der Waals surface area contributed by atoms with Gasteiger partial charge in [-0.15, -0.1) is 23.2 Å². The minimum absolute atomic E-state index is 0.206. The van der Waals surface area contributed by atoms with Crippen molar-refractivity contribution in [3.8, 4) is 0 Å². The molecule has 5 saturated heterocycles. The zero-order valence-corrected chi connectivity index (χ0v) is 79.7. The van der Waals surface area contributed by atoms with Gasteiger partial charge in [0.25, 0.3) is 11.8 Å². The van der Waals surface area contributed by atoms with Crippen molar-refractivity contribution >= 4 is 161 Å². The summed E-state index contributed by atoms with van der Waals surface area (Å²) in [5.41, 5.74) is 23.9. The Morgan fingerprint density at radius 1 is 0.394 bits per heavy atom. The van der Waals surface area contributed by atoms with Gasteiger partial charge in [0, 0.05) is 209 Å². The summed E-state index contributed by atoms with van der Waals surface area (Å²) >= 11 is 10.7. The first-order valence-electron chi connectivity index (χ1n) is 43.7. The van der Waals surface area contributed by atoms with Gasteiger partial charge in [0.1, 0.15) is 39.1 Å². The van der Waals surface area contributed by atoms with Crippen LogP contribution in [0.25, 0.3) is 54.8 Å². The lowest BCUT2D eigenvalue weighted by atomic mass is 10.0. The number of benzene rings is 5. The molecule has 0 bridgehead atoms. The maximum absolute atomic E-state index is 11.8. The highest BCUT2D eigenvalue weighted by Gasteiger charge is 2.30. The zero-order chi connectivity index (χ0) is 97.3. The number of ether oxygens (including phenoxy) is 7. The number of alkyl halides is 2. The highest BCUT2D eigenvalue weighted by Crippen LogP contribution is 2.33. The smallest absolute Gasteiger partial charge is 0.460 e. The average molecular weight is 1880 g/mol. The minimum atomic E-state index is -1.06. The van der Waals surface area contributed by atoms with Crippen molar-refractivity contribution in [1.82, 2.24) is 25.8 Å². The Balaban J connectivity index is 0.000000236. The Labute approximate surface area is 779 Å². The van der Waals surface area contributed by atoms with Crippen molar-refractivity contribution in [2.24, 2.45) is 11.5 Å².